The molecule has 0 atom stereocenters. The van der Waals surface area contributed by atoms with Crippen molar-refractivity contribution in [1.29, 1.82) is 0 Å². The van der Waals surface area contributed by atoms with E-state index in [2.05, 4.69) is 10.1 Å². The molecule has 0 bridgehead atoms. The Kier molecular flexibility index (Phi) is 4.47. The molecule has 1 aromatic heterocycles. The summed E-state index contributed by atoms with van der Waals surface area (Å²) >= 11 is 0. The summed E-state index contributed by atoms with van der Waals surface area (Å²) in [6.07, 6.45) is -1.12. The Morgan fingerprint density at radius 3 is 2.20 bits per heavy atom. The number of ether oxygens (including phenoxy) is 1. The lowest BCUT2D eigenvalue weighted by Gasteiger charge is -2.12. The van der Waals surface area contributed by atoms with E-state index >= 15 is 0 Å². The highest BCUT2D eigenvalue weighted by atomic mass is 19.4. The van der Waals surface area contributed by atoms with Crippen molar-refractivity contribution in [3.8, 4) is 11.4 Å². The van der Waals surface area contributed by atoms with E-state index in [0.717, 1.165) is 12.1 Å². The second kappa shape index (κ2) is 6.72. The monoisotopic (exact) mass is 346 g/mol. The van der Waals surface area contributed by atoms with Gasteiger partial charge >= 0.3 is 6.36 Å². The van der Waals surface area contributed by atoms with Crippen LogP contribution in [0.5, 0.6) is 5.75 Å². The molecule has 25 heavy (non-hydrogen) atoms. The molecule has 1 amide bonds. The van der Waals surface area contributed by atoms with Crippen molar-refractivity contribution >= 4 is 11.6 Å². The van der Waals surface area contributed by atoms with Gasteiger partial charge in [0.1, 0.15) is 5.75 Å². The van der Waals surface area contributed by atoms with Crippen LogP contribution in [0.1, 0.15) is 10.4 Å². The molecule has 3 aromatic rings. The van der Waals surface area contributed by atoms with Gasteiger partial charge in [0.2, 0.25) is 0 Å². The number of carbonyl (C=O) groups is 1. The van der Waals surface area contributed by atoms with Crippen molar-refractivity contribution in [1.82, 2.24) is 4.57 Å². The van der Waals surface area contributed by atoms with E-state index in [9.17, 15) is 18.0 Å². The van der Waals surface area contributed by atoms with Crippen LogP contribution in [0.25, 0.3) is 5.69 Å². The minimum absolute atomic E-state index is 0.349. The molecule has 0 radical (unpaired) electrons. The molecule has 0 aliphatic rings. The Morgan fingerprint density at radius 1 is 0.920 bits per heavy atom. The zero-order valence-corrected chi connectivity index (χ0v) is 12.8. The molecule has 0 aliphatic heterocycles. The van der Waals surface area contributed by atoms with Gasteiger partial charge in [-0.2, -0.15) is 0 Å². The SMILES string of the molecule is O=C(Nc1ccc(OC(F)(F)F)cc1)c1ccccc1-n1cccc1. The molecule has 2 aromatic carbocycles. The number of hydrogen-bond donors (Lipinski definition) is 1. The van der Waals surface area contributed by atoms with Crippen LogP contribution in [-0.4, -0.2) is 16.8 Å². The topological polar surface area (TPSA) is 43.3 Å². The minimum atomic E-state index is -4.75. The summed E-state index contributed by atoms with van der Waals surface area (Å²) in [5.41, 5.74) is 1.50. The summed E-state index contributed by atoms with van der Waals surface area (Å²) in [5, 5.41) is 2.66. The third kappa shape index (κ3) is 4.20. The molecular formula is C18H13F3N2O2. The van der Waals surface area contributed by atoms with Gasteiger partial charge in [-0.05, 0) is 48.5 Å². The number of nitrogens with one attached hydrogen (secondary N) is 1. The Bertz CT molecular complexity index is 857. The number of alkyl halides is 3. The minimum Gasteiger partial charge on any atom is -0.406 e. The largest absolute Gasteiger partial charge is 0.573 e. The van der Waals surface area contributed by atoms with Crippen LogP contribution in [0.15, 0.2) is 73.1 Å². The first-order valence-electron chi connectivity index (χ1n) is 7.32. The summed E-state index contributed by atoms with van der Waals surface area (Å²) in [5.74, 6) is -0.716. The van der Waals surface area contributed by atoms with Crippen LogP contribution in [0.2, 0.25) is 0 Å². The molecule has 3 rings (SSSR count). The second-order valence-corrected chi connectivity index (χ2v) is 5.13. The molecule has 1 heterocycles. The number of hydrogen-bond acceptors (Lipinski definition) is 2. The van der Waals surface area contributed by atoms with Gasteiger partial charge in [-0.1, -0.05) is 12.1 Å². The molecule has 0 unspecified atom stereocenters. The van der Waals surface area contributed by atoms with Crippen LogP contribution in [-0.2, 0) is 0 Å². The summed E-state index contributed by atoms with van der Waals surface area (Å²) in [6, 6.07) is 15.7. The third-order valence-electron chi connectivity index (χ3n) is 3.38. The van der Waals surface area contributed by atoms with E-state index in [1.165, 1.54) is 12.1 Å². The maximum atomic E-state index is 12.5. The number of para-hydroxylation sites is 1. The van der Waals surface area contributed by atoms with Gasteiger partial charge in [0.15, 0.2) is 0 Å². The van der Waals surface area contributed by atoms with Gasteiger partial charge in [0.05, 0.1) is 11.3 Å². The summed E-state index contributed by atoms with van der Waals surface area (Å²) in [6.45, 7) is 0. The van der Waals surface area contributed by atoms with Crippen LogP contribution in [0.3, 0.4) is 0 Å². The van der Waals surface area contributed by atoms with Crippen LogP contribution in [0.4, 0.5) is 18.9 Å². The number of halogens is 3. The van der Waals surface area contributed by atoms with Crippen LogP contribution >= 0.6 is 0 Å². The molecule has 1 N–H and O–H groups in total. The van der Waals surface area contributed by atoms with E-state index in [1.807, 2.05) is 30.6 Å². The molecule has 7 heteroatoms. The van der Waals surface area contributed by atoms with Crippen molar-refractivity contribution in [2.45, 2.75) is 6.36 Å². The number of anilines is 1. The fourth-order valence-corrected chi connectivity index (χ4v) is 2.32. The Morgan fingerprint density at radius 2 is 1.56 bits per heavy atom. The zero-order valence-electron chi connectivity index (χ0n) is 12.8. The first-order valence-corrected chi connectivity index (χ1v) is 7.32. The lowest BCUT2D eigenvalue weighted by atomic mass is 10.1. The average molecular weight is 346 g/mol. The summed E-state index contributed by atoms with van der Waals surface area (Å²) in [7, 11) is 0. The van der Waals surface area contributed by atoms with Gasteiger partial charge in [-0.15, -0.1) is 13.2 Å². The smallest absolute Gasteiger partial charge is 0.406 e. The molecule has 0 fully saturated rings. The molecule has 0 aliphatic carbocycles. The average Bonchev–Trinajstić information content (AvgIpc) is 3.10. The standard InChI is InChI=1S/C18H13F3N2O2/c19-18(20,21)25-14-9-7-13(8-10-14)22-17(24)15-5-1-2-6-16(15)23-11-3-4-12-23/h1-12H,(H,22,24). The first-order chi connectivity index (χ1) is 11.9. The number of amides is 1. The lowest BCUT2D eigenvalue weighted by Crippen LogP contribution is -2.17. The normalized spacial score (nSPS) is 11.2. The molecule has 0 saturated carbocycles. The van der Waals surface area contributed by atoms with Crippen molar-refractivity contribution in [3.05, 3.63) is 78.6 Å². The van der Waals surface area contributed by atoms with Crippen molar-refractivity contribution in [2.24, 2.45) is 0 Å². The maximum absolute atomic E-state index is 12.5. The predicted molar refractivity (Wildman–Crippen MR) is 86.8 cm³/mol. The van der Waals surface area contributed by atoms with Crippen molar-refractivity contribution in [3.63, 3.8) is 0 Å². The highest BCUT2D eigenvalue weighted by Gasteiger charge is 2.30. The van der Waals surface area contributed by atoms with E-state index in [-0.39, 0.29) is 11.7 Å². The Labute approximate surface area is 141 Å². The number of rotatable bonds is 4. The number of benzene rings is 2. The molecule has 0 saturated heterocycles. The van der Waals surface area contributed by atoms with E-state index < -0.39 is 6.36 Å². The third-order valence-corrected chi connectivity index (χ3v) is 3.38. The number of nitrogens with zero attached hydrogens (tertiary/aromatic N) is 1. The predicted octanol–water partition coefficient (Wildman–Crippen LogP) is 4.63. The maximum Gasteiger partial charge on any atom is 0.573 e. The van der Waals surface area contributed by atoms with Gasteiger partial charge in [0.25, 0.3) is 5.91 Å². The van der Waals surface area contributed by atoms with E-state index in [0.29, 0.717) is 16.9 Å². The second-order valence-electron chi connectivity index (χ2n) is 5.13. The van der Waals surface area contributed by atoms with E-state index in [1.54, 1.807) is 22.8 Å². The quantitative estimate of drug-likeness (QED) is 0.749. The van der Waals surface area contributed by atoms with Crippen molar-refractivity contribution in [2.75, 3.05) is 5.32 Å². The Hall–Kier alpha value is -3.22. The fraction of sp³-hybridized carbons (Fsp3) is 0.0556. The Balaban J connectivity index is 1.77. The number of aromatic nitrogens is 1. The van der Waals surface area contributed by atoms with Crippen LogP contribution < -0.4 is 10.1 Å². The highest BCUT2D eigenvalue weighted by molar-refractivity contribution is 6.06. The molecular weight excluding hydrogens is 333 g/mol. The van der Waals surface area contributed by atoms with Gasteiger partial charge in [-0.3, -0.25) is 4.79 Å². The van der Waals surface area contributed by atoms with Gasteiger partial charge in [0, 0.05) is 18.1 Å². The van der Waals surface area contributed by atoms with Gasteiger partial charge in [-0.25, -0.2) is 0 Å². The highest BCUT2D eigenvalue weighted by Crippen LogP contribution is 2.24. The summed E-state index contributed by atoms with van der Waals surface area (Å²) in [4.78, 5) is 12.5. The number of carbonyl (C=O) groups excluding carboxylic acids is 1. The first kappa shape index (κ1) is 16.6. The zero-order chi connectivity index (χ0) is 17.9. The molecule has 128 valence electrons. The lowest BCUT2D eigenvalue weighted by molar-refractivity contribution is -0.274. The van der Waals surface area contributed by atoms with Gasteiger partial charge < -0.3 is 14.6 Å². The summed E-state index contributed by atoms with van der Waals surface area (Å²) < 4.78 is 42.1. The van der Waals surface area contributed by atoms with Crippen LogP contribution in [0, 0.1) is 0 Å². The molecule has 0 spiro atoms. The fourth-order valence-electron chi connectivity index (χ4n) is 2.32. The molecule has 4 nitrogen and oxygen atoms in total. The van der Waals surface area contributed by atoms with Crippen molar-refractivity contribution < 1.29 is 22.7 Å². The van der Waals surface area contributed by atoms with E-state index in [4.69, 9.17) is 0 Å².